The molecule has 2 unspecified atom stereocenters. The molecule has 2 atom stereocenters. The predicted molar refractivity (Wildman–Crippen MR) is 57.5 cm³/mol. The number of hydrogen-bond acceptors (Lipinski definition) is 2. The Balaban J connectivity index is 1.56. The molecular formula is C13H19NO. The van der Waals surface area contributed by atoms with E-state index in [1.807, 2.05) is 0 Å². The molecule has 0 aromatic carbocycles. The van der Waals surface area contributed by atoms with Crippen LogP contribution in [0.15, 0.2) is 0 Å². The van der Waals surface area contributed by atoms with Crippen molar-refractivity contribution in [3.8, 4) is 0 Å². The van der Waals surface area contributed by atoms with Gasteiger partial charge in [0, 0.05) is 30.5 Å². The maximum Gasteiger partial charge on any atom is 0.141 e. The minimum absolute atomic E-state index is 0.409. The van der Waals surface area contributed by atoms with Gasteiger partial charge in [-0.05, 0) is 38.0 Å². The molecule has 2 heteroatoms. The summed E-state index contributed by atoms with van der Waals surface area (Å²) in [7, 11) is 0. The van der Waals surface area contributed by atoms with Crippen molar-refractivity contribution in [2.75, 3.05) is 13.1 Å². The lowest BCUT2D eigenvalue weighted by Crippen LogP contribution is -2.71. The number of carbonyl (C=O) groups excluding carboxylic acids is 1. The van der Waals surface area contributed by atoms with Crippen molar-refractivity contribution >= 4 is 5.78 Å². The van der Waals surface area contributed by atoms with Crippen molar-refractivity contribution in [2.45, 2.75) is 44.1 Å². The van der Waals surface area contributed by atoms with Gasteiger partial charge in [0.2, 0.25) is 0 Å². The minimum Gasteiger partial charge on any atom is -0.299 e. The molecule has 0 amide bonds. The van der Waals surface area contributed by atoms with Crippen LogP contribution < -0.4 is 0 Å². The number of ketones is 1. The summed E-state index contributed by atoms with van der Waals surface area (Å²) in [5, 5.41) is 0. The van der Waals surface area contributed by atoms with Gasteiger partial charge in [-0.25, -0.2) is 0 Å². The molecule has 4 bridgehead atoms. The van der Waals surface area contributed by atoms with Gasteiger partial charge in [0.05, 0.1) is 0 Å². The van der Waals surface area contributed by atoms with Crippen LogP contribution in [0, 0.1) is 17.8 Å². The highest BCUT2D eigenvalue weighted by Gasteiger charge is 2.61. The van der Waals surface area contributed by atoms with Gasteiger partial charge in [0.25, 0.3) is 0 Å². The third kappa shape index (κ3) is 1.01. The Bertz CT molecular complexity index is 291. The van der Waals surface area contributed by atoms with E-state index in [4.69, 9.17) is 0 Å². The lowest BCUT2D eigenvalue weighted by molar-refractivity contribution is -0.172. The van der Waals surface area contributed by atoms with Crippen molar-refractivity contribution in [3.63, 3.8) is 0 Å². The van der Waals surface area contributed by atoms with E-state index in [1.54, 1.807) is 0 Å². The number of Topliss-reactive ketones (excluding diaryl/α,β-unsaturated/α-hetero) is 1. The van der Waals surface area contributed by atoms with Gasteiger partial charge in [-0.2, -0.15) is 0 Å². The largest absolute Gasteiger partial charge is 0.299 e. The number of carbonyl (C=O) groups is 1. The molecule has 0 aromatic rings. The van der Waals surface area contributed by atoms with Gasteiger partial charge in [0.15, 0.2) is 0 Å². The first-order valence-electron chi connectivity index (χ1n) is 6.56. The van der Waals surface area contributed by atoms with Crippen LogP contribution in [0.1, 0.15) is 38.5 Å². The normalized spacial score (nSPS) is 53.3. The molecular weight excluding hydrogens is 186 g/mol. The van der Waals surface area contributed by atoms with E-state index in [9.17, 15) is 4.79 Å². The Hall–Kier alpha value is -0.370. The van der Waals surface area contributed by atoms with Gasteiger partial charge < -0.3 is 0 Å². The molecule has 0 aromatic heterocycles. The Kier molecular flexibility index (Phi) is 1.55. The smallest absolute Gasteiger partial charge is 0.141 e. The molecule has 82 valence electrons. The van der Waals surface area contributed by atoms with Crippen LogP contribution in [0.2, 0.25) is 0 Å². The summed E-state index contributed by atoms with van der Waals surface area (Å²) >= 11 is 0. The van der Waals surface area contributed by atoms with Crippen LogP contribution in [-0.4, -0.2) is 29.3 Å². The first-order chi connectivity index (χ1) is 7.27. The van der Waals surface area contributed by atoms with E-state index in [0.29, 0.717) is 23.2 Å². The van der Waals surface area contributed by atoms with Gasteiger partial charge in [-0.1, -0.05) is 6.42 Å². The van der Waals surface area contributed by atoms with E-state index >= 15 is 0 Å². The van der Waals surface area contributed by atoms with Gasteiger partial charge in [0.1, 0.15) is 5.78 Å². The lowest BCUT2D eigenvalue weighted by atomic mass is 9.48. The molecule has 1 heterocycles. The molecule has 0 radical (unpaired) electrons. The van der Waals surface area contributed by atoms with Crippen LogP contribution in [-0.2, 0) is 4.79 Å². The van der Waals surface area contributed by atoms with Crippen LogP contribution >= 0.6 is 0 Å². The number of rotatable bonds is 1. The summed E-state index contributed by atoms with van der Waals surface area (Å²) in [6.07, 6.45) is 7.98. The first kappa shape index (κ1) is 8.74. The van der Waals surface area contributed by atoms with Crippen LogP contribution in [0.5, 0.6) is 0 Å². The monoisotopic (exact) mass is 205 g/mol. The Morgan fingerprint density at radius 3 is 2.13 bits per heavy atom. The third-order valence-corrected chi connectivity index (χ3v) is 5.47. The summed E-state index contributed by atoms with van der Waals surface area (Å²) in [6.45, 7) is 2.20. The van der Waals surface area contributed by atoms with Crippen molar-refractivity contribution in [3.05, 3.63) is 0 Å². The molecule has 4 aliphatic carbocycles. The maximum absolute atomic E-state index is 12.0. The average molecular weight is 205 g/mol. The second-order valence-electron chi connectivity index (χ2n) is 6.33. The molecule has 2 nitrogen and oxygen atoms in total. The zero-order valence-corrected chi connectivity index (χ0v) is 9.24. The topological polar surface area (TPSA) is 20.3 Å². The maximum atomic E-state index is 12.0. The highest BCUT2D eigenvalue weighted by Crippen LogP contribution is 2.61. The zero-order chi connectivity index (χ0) is 10.0. The molecule has 15 heavy (non-hydrogen) atoms. The predicted octanol–water partition coefficient (Wildman–Crippen LogP) is 1.84. The molecule has 1 saturated heterocycles. The van der Waals surface area contributed by atoms with Crippen molar-refractivity contribution in [2.24, 2.45) is 17.8 Å². The fourth-order valence-electron chi connectivity index (χ4n) is 4.40. The van der Waals surface area contributed by atoms with Crippen LogP contribution in [0.4, 0.5) is 0 Å². The summed E-state index contributed by atoms with van der Waals surface area (Å²) in [6, 6.07) is 0. The van der Waals surface area contributed by atoms with E-state index < -0.39 is 0 Å². The van der Waals surface area contributed by atoms with Gasteiger partial charge in [-0.3, -0.25) is 9.69 Å². The molecule has 0 spiro atoms. The van der Waals surface area contributed by atoms with Crippen LogP contribution in [0.25, 0.3) is 0 Å². The third-order valence-electron chi connectivity index (χ3n) is 5.47. The van der Waals surface area contributed by atoms with Crippen molar-refractivity contribution < 1.29 is 4.79 Å². The molecule has 1 aliphatic heterocycles. The first-order valence-corrected chi connectivity index (χ1v) is 6.56. The Morgan fingerprint density at radius 1 is 1.07 bits per heavy atom. The minimum atomic E-state index is 0.409. The number of likely N-dealkylation sites (tertiary alicyclic amines) is 1. The fourth-order valence-corrected chi connectivity index (χ4v) is 4.40. The number of piperidine rings is 1. The molecule has 0 N–H and O–H groups in total. The van der Waals surface area contributed by atoms with E-state index in [0.717, 1.165) is 19.0 Å². The number of fused-ring (bicyclic) bond motifs is 2. The van der Waals surface area contributed by atoms with Crippen LogP contribution in [0.3, 0.4) is 0 Å². The molecule has 5 rings (SSSR count). The fraction of sp³-hybridized carbons (Fsp3) is 0.923. The second kappa shape index (κ2) is 2.65. The van der Waals surface area contributed by atoms with E-state index in [1.165, 1.54) is 38.5 Å². The highest BCUT2D eigenvalue weighted by molar-refractivity contribution is 5.85. The molecule has 5 fully saturated rings. The van der Waals surface area contributed by atoms with Gasteiger partial charge >= 0.3 is 0 Å². The van der Waals surface area contributed by atoms with Crippen molar-refractivity contribution in [1.29, 1.82) is 0 Å². The Labute approximate surface area is 91.0 Å². The van der Waals surface area contributed by atoms with Gasteiger partial charge in [-0.15, -0.1) is 0 Å². The lowest BCUT2D eigenvalue weighted by Gasteiger charge is -2.68. The van der Waals surface area contributed by atoms with E-state index in [-0.39, 0.29) is 0 Å². The van der Waals surface area contributed by atoms with Crippen molar-refractivity contribution in [1.82, 2.24) is 4.90 Å². The zero-order valence-electron chi connectivity index (χ0n) is 9.24. The standard InChI is InChI=1S/C13H19NO/c15-12-10-2-1-3-11(12)8-14(7-10)13-4-9(5-13)6-13/h9-11H,1-8H2. The highest BCUT2D eigenvalue weighted by atomic mass is 16.1. The molecule has 5 aliphatic rings. The summed E-state index contributed by atoms with van der Waals surface area (Å²) in [5.41, 5.74) is 0.596. The second-order valence-corrected chi connectivity index (χ2v) is 6.33. The number of nitrogens with zero attached hydrogens (tertiary/aromatic N) is 1. The average Bonchev–Trinajstić information content (AvgIpc) is 2.00. The quantitative estimate of drug-likeness (QED) is 0.651. The summed E-state index contributed by atoms with van der Waals surface area (Å²) in [5.74, 6) is 2.48. The number of hydrogen-bond donors (Lipinski definition) is 0. The van der Waals surface area contributed by atoms with E-state index in [2.05, 4.69) is 4.90 Å². The Morgan fingerprint density at radius 2 is 1.67 bits per heavy atom. The summed E-state index contributed by atoms with van der Waals surface area (Å²) < 4.78 is 0. The SMILES string of the molecule is O=C1C2CCCC1CN(C13CC(C1)C3)C2. The summed E-state index contributed by atoms with van der Waals surface area (Å²) in [4.78, 5) is 14.7. The molecule has 4 saturated carbocycles.